The van der Waals surface area contributed by atoms with Gasteiger partial charge in [0.2, 0.25) is 0 Å². The molecule has 2 heterocycles. The highest BCUT2D eigenvalue weighted by Gasteiger charge is 2.48. The third-order valence-corrected chi connectivity index (χ3v) is 3.66. The van der Waals surface area contributed by atoms with Crippen molar-refractivity contribution < 1.29 is 4.79 Å². The lowest BCUT2D eigenvalue weighted by Crippen LogP contribution is -2.50. The Bertz CT molecular complexity index is 324. The Kier molecular flexibility index (Phi) is 2.34. The number of piperidine rings is 1. The predicted molar refractivity (Wildman–Crippen MR) is 59.6 cm³/mol. The Morgan fingerprint density at radius 1 is 1.47 bits per heavy atom. The van der Waals surface area contributed by atoms with Crippen molar-refractivity contribution in [2.75, 3.05) is 20.1 Å². The van der Waals surface area contributed by atoms with Crippen LogP contribution in [0.5, 0.6) is 0 Å². The van der Waals surface area contributed by atoms with E-state index in [4.69, 9.17) is 0 Å². The fourth-order valence-electron chi connectivity index (χ4n) is 2.35. The number of rotatable bonds is 1. The van der Waals surface area contributed by atoms with Gasteiger partial charge in [0, 0.05) is 26.2 Å². The summed E-state index contributed by atoms with van der Waals surface area (Å²) in [5.41, 5.74) is 0.718. The van der Waals surface area contributed by atoms with Crippen LogP contribution in [-0.4, -0.2) is 47.7 Å². The first-order chi connectivity index (χ1) is 6.95. The van der Waals surface area contributed by atoms with Crippen molar-refractivity contribution in [3.8, 4) is 0 Å². The smallest absolute Gasteiger partial charge is 0.254 e. The lowest BCUT2D eigenvalue weighted by Gasteiger charge is -2.37. The quantitative estimate of drug-likeness (QED) is 0.644. The highest BCUT2D eigenvalue weighted by molar-refractivity contribution is 6.13. The molecule has 1 atom stereocenters. The van der Waals surface area contributed by atoms with Crippen LogP contribution in [0.2, 0.25) is 0 Å². The van der Waals surface area contributed by atoms with Crippen LogP contribution in [0.25, 0.3) is 0 Å². The highest BCUT2D eigenvalue weighted by atomic mass is 16.2. The summed E-state index contributed by atoms with van der Waals surface area (Å²) in [7, 11) is 1.75. The van der Waals surface area contributed by atoms with E-state index in [2.05, 4.69) is 23.8 Å². The van der Waals surface area contributed by atoms with Gasteiger partial charge in [0.05, 0.1) is 11.1 Å². The van der Waals surface area contributed by atoms with Gasteiger partial charge in [-0.25, -0.2) is 5.01 Å². The average molecular weight is 209 g/mol. The fourth-order valence-corrected chi connectivity index (χ4v) is 2.35. The predicted octanol–water partition coefficient (Wildman–Crippen LogP) is 0.935. The SMILES string of the molecule is CC(C)N1CCC2(C)C(=O)N(C)N=C2C1. The Morgan fingerprint density at radius 2 is 2.13 bits per heavy atom. The van der Waals surface area contributed by atoms with Crippen LogP contribution in [0.15, 0.2) is 5.10 Å². The molecule has 84 valence electrons. The maximum Gasteiger partial charge on any atom is 0.254 e. The van der Waals surface area contributed by atoms with Crippen LogP contribution in [0.3, 0.4) is 0 Å². The molecule has 4 nitrogen and oxygen atoms in total. The van der Waals surface area contributed by atoms with Crippen LogP contribution < -0.4 is 0 Å². The molecule has 0 aromatic rings. The zero-order valence-electron chi connectivity index (χ0n) is 9.95. The second kappa shape index (κ2) is 3.30. The molecular weight excluding hydrogens is 190 g/mol. The first kappa shape index (κ1) is 10.6. The number of carbonyl (C=O) groups excluding carboxylic acids is 1. The number of hydrazone groups is 1. The van der Waals surface area contributed by atoms with Crippen molar-refractivity contribution in [2.45, 2.75) is 33.2 Å². The summed E-state index contributed by atoms with van der Waals surface area (Å²) in [6.07, 6.45) is 0.896. The number of amides is 1. The van der Waals surface area contributed by atoms with E-state index in [1.165, 1.54) is 5.01 Å². The van der Waals surface area contributed by atoms with Gasteiger partial charge in [0.15, 0.2) is 0 Å². The van der Waals surface area contributed by atoms with Gasteiger partial charge in [-0.2, -0.15) is 5.10 Å². The molecule has 15 heavy (non-hydrogen) atoms. The molecule has 1 fully saturated rings. The molecule has 4 heteroatoms. The molecule has 1 unspecified atom stereocenters. The minimum atomic E-state index is -0.319. The topological polar surface area (TPSA) is 35.9 Å². The van der Waals surface area contributed by atoms with E-state index < -0.39 is 0 Å². The molecule has 1 amide bonds. The second-order valence-electron chi connectivity index (χ2n) is 5.02. The van der Waals surface area contributed by atoms with Gasteiger partial charge in [0.25, 0.3) is 5.91 Å². The largest absolute Gasteiger partial charge is 0.295 e. The number of likely N-dealkylation sites (tertiary alicyclic amines) is 1. The molecule has 2 aliphatic rings. The molecule has 0 saturated carbocycles. The van der Waals surface area contributed by atoms with E-state index in [0.717, 1.165) is 25.2 Å². The number of fused-ring (bicyclic) bond motifs is 1. The van der Waals surface area contributed by atoms with Crippen molar-refractivity contribution in [1.82, 2.24) is 9.91 Å². The standard InChI is InChI=1S/C11H19N3O/c1-8(2)14-6-5-11(3)9(7-14)12-13(4)10(11)15/h8H,5-7H2,1-4H3. The third-order valence-electron chi connectivity index (χ3n) is 3.66. The minimum Gasteiger partial charge on any atom is -0.295 e. The molecule has 2 aliphatic heterocycles. The summed E-state index contributed by atoms with van der Waals surface area (Å²) in [6.45, 7) is 8.22. The van der Waals surface area contributed by atoms with Gasteiger partial charge in [-0.05, 0) is 27.2 Å². The normalized spacial score (nSPS) is 32.2. The van der Waals surface area contributed by atoms with Crippen molar-refractivity contribution >= 4 is 11.6 Å². The van der Waals surface area contributed by atoms with Crippen LogP contribution in [-0.2, 0) is 4.79 Å². The van der Waals surface area contributed by atoms with Crippen LogP contribution in [0, 0.1) is 5.41 Å². The Morgan fingerprint density at radius 3 is 2.73 bits per heavy atom. The van der Waals surface area contributed by atoms with Crippen molar-refractivity contribution in [1.29, 1.82) is 0 Å². The van der Waals surface area contributed by atoms with Gasteiger partial charge < -0.3 is 0 Å². The number of carbonyl (C=O) groups is 1. The monoisotopic (exact) mass is 209 g/mol. The zero-order valence-corrected chi connectivity index (χ0v) is 9.95. The van der Waals surface area contributed by atoms with E-state index in [0.29, 0.717) is 6.04 Å². The lowest BCUT2D eigenvalue weighted by atomic mass is 9.78. The summed E-state index contributed by atoms with van der Waals surface area (Å²) < 4.78 is 0. The molecule has 0 spiro atoms. The molecule has 2 rings (SSSR count). The van der Waals surface area contributed by atoms with Crippen molar-refractivity contribution in [3.63, 3.8) is 0 Å². The molecule has 0 N–H and O–H groups in total. The van der Waals surface area contributed by atoms with E-state index in [1.54, 1.807) is 7.05 Å². The maximum atomic E-state index is 11.9. The minimum absolute atomic E-state index is 0.154. The van der Waals surface area contributed by atoms with Gasteiger partial charge in [-0.15, -0.1) is 0 Å². The summed E-state index contributed by atoms with van der Waals surface area (Å²) in [5, 5.41) is 5.85. The van der Waals surface area contributed by atoms with Crippen molar-refractivity contribution in [3.05, 3.63) is 0 Å². The third kappa shape index (κ3) is 1.47. The number of hydrogen-bond acceptors (Lipinski definition) is 3. The maximum absolute atomic E-state index is 11.9. The Balaban J connectivity index is 2.22. The molecule has 1 saturated heterocycles. The fraction of sp³-hybridized carbons (Fsp3) is 0.818. The second-order valence-corrected chi connectivity index (χ2v) is 5.02. The molecule has 0 aromatic carbocycles. The molecular formula is C11H19N3O. The van der Waals surface area contributed by atoms with Crippen LogP contribution in [0.4, 0.5) is 0 Å². The van der Waals surface area contributed by atoms with E-state index in [1.807, 2.05) is 6.92 Å². The van der Waals surface area contributed by atoms with Gasteiger partial charge >= 0.3 is 0 Å². The van der Waals surface area contributed by atoms with Gasteiger partial charge in [-0.3, -0.25) is 9.69 Å². The summed E-state index contributed by atoms with van der Waals surface area (Å²) >= 11 is 0. The molecule has 0 radical (unpaired) electrons. The summed E-state index contributed by atoms with van der Waals surface area (Å²) in [6, 6.07) is 0.526. The number of hydrogen-bond donors (Lipinski definition) is 0. The number of nitrogens with zero attached hydrogens (tertiary/aromatic N) is 3. The first-order valence-corrected chi connectivity index (χ1v) is 5.55. The molecule has 0 aromatic heterocycles. The molecule has 0 bridgehead atoms. The Hall–Kier alpha value is -0.900. The average Bonchev–Trinajstić information content (AvgIpc) is 2.40. The summed E-state index contributed by atoms with van der Waals surface area (Å²) in [5.74, 6) is 0.154. The van der Waals surface area contributed by atoms with E-state index in [-0.39, 0.29) is 11.3 Å². The van der Waals surface area contributed by atoms with Gasteiger partial charge in [0.1, 0.15) is 0 Å². The van der Waals surface area contributed by atoms with Crippen molar-refractivity contribution in [2.24, 2.45) is 10.5 Å². The first-order valence-electron chi connectivity index (χ1n) is 5.55. The zero-order chi connectivity index (χ0) is 11.2. The molecule has 0 aliphatic carbocycles. The van der Waals surface area contributed by atoms with Crippen LogP contribution >= 0.6 is 0 Å². The Labute approximate surface area is 90.9 Å². The van der Waals surface area contributed by atoms with Crippen LogP contribution in [0.1, 0.15) is 27.2 Å². The summed E-state index contributed by atoms with van der Waals surface area (Å²) in [4.78, 5) is 14.3. The van der Waals surface area contributed by atoms with E-state index >= 15 is 0 Å². The van der Waals surface area contributed by atoms with Gasteiger partial charge in [-0.1, -0.05) is 0 Å². The lowest BCUT2D eigenvalue weighted by molar-refractivity contribution is -0.135. The van der Waals surface area contributed by atoms with E-state index in [9.17, 15) is 4.79 Å². The highest BCUT2D eigenvalue weighted by Crippen LogP contribution is 2.35.